The second kappa shape index (κ2) is 6.39. The quantitative estimate of drug-likeness (QED) is 0.757. The van der Waals surface area contributed by atoms with Crippen LogP contribution in [0.5, 0.6) is 0 Å². The molecule has 2 rings (SSSR count). The number of aromatic nitrogens is 2. The van der Waals surface area contributed by atoms with Crippen LogP contribution in [-0.2, 0) is 26.3 Å². The van der Waals surface area contributed by atoms with Gasteiger partial charge in [0.15, 0.2) is 0 Å². The van der Waals surface area contributed by atoms with Crippen LogP contribution in [0, 0.1) is 0 Å². The summed E-state index contributed by atoms with van der Waals surface area (Å²) in [6.07, 6.45) is 7.80. The van der Waals surface area contributed by atoms with E-state index in [0.717, 1.165) is 25.7 Å². The van der Waals surface area contributed by atoms with Gasteiger partial charge in [0.05, 0.1) is 5.69 Å². The molecule has 0 N–H and O–H groups in total. The summed E-state index contributed by atoms with van der Waals surface area (Å²) in [6, 6.07) is 10.7. The maximum Gasteiger partial charge on any atom is 0.108 e. The molecule has 0 saturated carbocycles. The molecule has 0 saturated heterocycles. The molecular formula is C16H22N2. The van der Waals surface area contributed by atoms with Crippen LogP contribution in [0.4, 0.5) is 0 Å². The van der Waals surface area contributed by atoms with Gasteiger partial charge >= 0.3 is 0 Å². The molecule has 0 spiro atoms. The fourth-order valence-corrected chi connectivity index (χ4v) is 2.27. The van der Waals surface area contributed by atoms with Gasteiger partial charge in [0, 0.05) is 19.7 Å². The molecule has 0 aliphatic rings. The molecule has 0 aliphatic carbocycles. The summed E-state index contributed by atoms with van der Waals surface area (Å²) in [5, 5.41) is 0. The Hall–Kier alpha value is -1.57. The van der Waals surface area contributed by atoms with E-state index in [2.05, 4.69) is 55.1 Å². The first-order valence-electron chi connectivity index (χ1n) is 6.84. The molecule has 1 heterocycles. The highest BCUT2D eigenvalue weighted by atomic mass is 15.0. The maximum atomic E-state index is 4.69. The summed E-state index contributed by atoms with van der Waals surface area (Å²) >= 11 is 0. The lowest BCUT2D eigenvalue weighted by molar-refractivity contribution is 0.756. The van der Waals surface area contributed by atoms with E-state index in [1.54, 1.807) is 0 Å². The highest BCUT2D eigenvalue weighted by Crippen LogP contribution is 2.09. The van der Waals surface area contributed by atoms with E-state index in [0.29, 0.717) is 0 Å². The van der Waals surface area contributed by atoms with Crippen LogP contribution >= 0.6 is 0 Å². The Morgan fingerprint density at radius 3 is 2.56 bits per heavy atom. The SMILES string of the molecule is CCCc1nc(CCCc2ccccc2)cn1C. The highest BCUT2D eigenvalue weighted by molar-refractivity contribution is 5.15. The standard InChI is InChI=1S/C16H22N2/c1-3-8-16-17-15(13-18(16)2)12-7-11-14-9-5-4-6-10-14/h4-6,9-10,13H,3,7-8,11-12H2,1-2H3. The second-order valence-corrected chi connectivity index (χ2v) is 4.85. The van der Waals surface area contributed by atoms with Gasteiger partial charge in [0.25, 0.3) is 0 Å². The van der Waals surface area contributed by atoms with Crippen LogP contribution < -0.4 is 0 Å². The second-order valence-electron chi connectivity index (χ2n) is 4.85. The number of rotatable bonds is 6. The fourth-order valence-electron chi connectivity index (χ4n) is 2.27. The number of aryl methyl sites for hydroxylation is 4. The van der Waals surface area contributed by atoms with E-state index >= 15 is 0 Å². The maximum absolute atomic E-state index is 4.69. The predicted octanol–water partition coefficient (Wildman–Crippen LogP) is 3.55. The zero-order valence-electron chi connectivity index (χ0n) is 11.4. The minimum Gasteiger partial charge on any atom is -0.338 e. The zero-order chi connectivity index (χ0) is 12.8. The molecule has 0 radical (unpaired) electrons. The minimum atomic E-state index is 1.08. The molecule has 0 unspecified atom stereocenters. The van der Waals surface area contributed by atoms with Gasteiger partial charge in [0.2, 0.25) is 0 Å². The van der Waals surface area contributed by atoms with E-state index in [1.165, 1.54) is 23.5 Å². The summed E-state index contributed by atoms with van der Waals surface area (Å²) in [4.78, 5) is 4.69. The van der Waals surface area contributed by atoms with E-state index in [9.17, 15) is 0 Å². The number of hydrogen-bond acceptors (Lipinski definition) is 1. The van der Waals surface area contributed by atoms with Gasteiger partial charge in [-0.25, -0.2) is 4.98 Å². The lowest BCUT2D eigenvalue weighted by Crippen LogP contribution is -1.95. The van der Waals surface area contributed by atoms with Gasteiger partial charge in [-0.1, -0.05) is 37.3 Å². The van der Waals surface area contributed by atoms with Crippen molar-refractivity contribution in [2.75, 3.05) is 0 Å². The topological polar surface area (TPSA) is 17.8 Å². The van der Waals surface area contributed by atoms with Crippen molar-refractivity contribution in [3.63, 3.8) is 0 Å². The molecular weight excluding hydrogens is 220 g/mol. The number of benzene rings is 1. The van der Waals surface area contributed by atoms with Crippen LogP contribution in [0.3, 0.4) is 0 Å². The Morgan fingerprint density at radius 1 is 1.06 bits per heavy atom. The van der Waals surface area contributed by atoms with E-state index in [4.69, 9.17) is 4.98 Å². The summed E-state index contributed by atoms with van der Waals surface area (Å²) in [6.45, 7) is 2.20. The number of nitrogens with zero attached hydrogens (tertiary/aromatic N) is 2. The third kappa shape index (κ3) is 3.46. The van der Waals surface area contributed by atoms with Gasteiger partial charge in [-0.2, -0.15) is 0 Å². The third-order valence-corrected chi connectivity index (χ3v) is 3.24. The summed E-state index contributed by atoms with van der Waals surface area (Å²) < 4.78 is 2.17. The third-order valence-electron chi connectivity index (χ3n) is 3.24. The van der Waals surface area contributed by atoms with E-state index < -0.39 is 0 Å². The zero-order valence-corrected chi connectivity index (χ0v) is 11.4. The van der Waals surface area contributed by atoms with Gasteiger partial charge in [0.1, 0.15) is 5.82 Å². The first kappa shape index (κ1) is 12.9. The molecule has 0 atom stereocenters. The minimum absolute atomic E-state index is 1.08. The number of imidazole rings is 1. The fraction of sp³-hybridized carbons (Fsp3) is 0.438. The molecule has 0 aliphatic heterocycles. The molecule has 0 bridgehead atoms. The molecule has 0 amide bonds. The summed E-state index contributed by atoms with van der Waals surface area (Å²) in [5.74, 6) is 1.22. The smallest absolute Gasteiger partial charge is 0.108 e. The van der Waals surface area contributed by atoms with Crippen molar-refractivity contribution in [3.05, 3.63) is 53.6 Å². The Balaban J connectivity index is 1.85. The van der Waals surface area contributed by atoms with Crippen molar-refractivity contribution in [2.24, 2.45) is 7.05 Å². The molecule has 1 aromatic carbocycles. The van der Waals surface area contributed by atoms with Crippen molar-refractivity contribution in [2.45, 2.75) is 39.0 Å². The lowest BCUT2D eigenvalue weighted by Gasteiger charge is -1.99. The highest BCUT2D eigenvalue weighted by Gasteiger charge is 2.04. The largest absolute Gasteiger partial charge is 0.338 e. The molecule has 2 aromatic rings. The van der Waals surface area contributed by atoms with Crippen LogP contribution in [0.1, 0.15) is 36.8 Å². The van der Waals surface area contributed by atoms with Crippen LogP contribution in [0.2, 0.25) is 0 Å². The van der Waals surface area contributed by atoms with E-state index in [-0.39, 0.29) is 0 Å². The molecule has 0 fully saturated rings. The predicted molar refractivity (Wildman–Crippen MR) is 75.7 cm³/mol. The Bertz CT molecular complexity index is 471. The van der Waals surface area contributed by atoms with Crippen LogP contribution in [0.15, 0.2) is 36.5 Å². The van der Waals surface area contributed by atoms with Crippen molar-refractivity contribution >= 4 is 0 Å². The van der Waals surface area contributed by atoms with Gasteiger partial charge in [-0.05, 0) is 31.2 Å². The molecule has 2 nitrogen and oxygen atoms in total. The van der Waals surface area contributed by atoms with Gasteiger partial charge < -0.3 is 4.57 Å². The van der Waals surface area contributed by atoms with Crippen molar-refractivity contribution in [1.82, 2.24) is 9.55 Å². The van der Waals surface area contributed by atoms with Gasteiger partial charge in [-0.3, -0.25) is 0 Å². The average Bonchev–Trinajstić information content (AvgIpc) is 2.72. The Labute approximate surface area is 110 Å². The Kier molecular flexibility index (Phi) is 4.57. The molecule has 1 aromatic heterocycles. The Morgan fingerprint density at radius 2 is 1.83 bits per heavy atom. The van der Waals surface area contributed by atoms with Crippen molar-refractivity contribution in [1.29, 1.82) is 0 Å². The number of hydrogen-bond donors (Lipinski definition) is 0. The summed E-state index contributed by atoms with van der Waals surface area (Å²) in [5.41, 5.74) is 2.65. The van der Waals surface area contributed by atoms with Crippen molar-refractivity contribution in [3.8, 4) is 0 Å². The summed E-state index contributed by atoms with van der Waals surface area (Å²) in [7, 11) is 2.10. The molecule has 96 valence electrons. The average molecular weight is 242 g/mol. The first-order valence-corrected chi connectivity index (χ1v) is 6.84. The van der Waals surface area contributed by atoms with Crippen LogP contribution in [0.25, 0.3) is 0 Å². The molecule has 2 heteroatoms. The normalized spacial score (nSPS) is 10.8. The van der Waals surface area contributed by atoms with Crippen LogP contribution in [-0.4, -0.2) is 9.55 Å². The monoisotopic (exact) mass is 242 g/mol. The molecule has 18 heavy (non-hydrogen) atoms. The van der Waals surface area contributed by atoms with Crippen molar-refractivity contribution < 1.29 is 0 Å². The lowest BCUT2D eigenvalue weighted by atomic mass is 10.1. The van der Waals surface area contributed by atoms with Gasteiger partial charge in [-0.15, -0.1) is 0 Å². The van der Waals surface area contributed by atoms with E-state index in [1.807, 2.05) is 0 Å². The first-order chi connectivity index (χ1) is 8.79.